The SMILES string of the molecule is O=C1c2c(Cl)cc(C3C=NN(Cc4ccccn4)C3)cc2CN1Cc1ccc(Cl)cc1. The number of amides is 1. The Bertz CT molecular complexity index is 1150. The van der Waals surface area contributed by atoms with Crippen LogP contribution in [0.4, 0.5) is 0 Å². The van der Waals surface area contributed by atoms with Crippen LogP contribution >= 0.6 is 23.2 Å². The summed E-state index contributed by atoms with van der Waals surface area (Å²) < 4.78 is 0. The summed E-state index contributed by atoms with van der Waals surface area (Å²) in [5.41, 5.74) is 4.68. The lowest BCUT2D eigenvalue weighted by Gasteiger charge is -2.16. The molecule has 0 bridgehead atoms. The molecule has 0 aliphatic carbocycles. The molecule has 156 valence electrons. The van der Waals surface area contributed by atoms with E-state index in [1.54, 1.807) is 6.20 Å². The van der Waals surface area contributed by atoms with E-state index in [9.17, 15) is 4.79 Å². The van der Waals surface area contributed by atoms with Gasteiger partial charge >= 0.3 is 0 Å². The highest BCUT2D eigenvalue weighted by Crippen LogP contribution is 2.34. The number of hydrogen-bond acceptors (Lipinski definition) is 4. The Balaban J connectivity index is 1.31. The van der Waals surface area contributed by atoms with E-state index in [-0.39, 0.29) is 11.8 Å². The predicted octanol–water partition coefficient (Wildman–Crippen LogP) is 5.13. The van der Waals surface area contributed by atoms with E-state index in [4.69, 9.17) is 23.2 Å². The quantitative estimate of drug-likeness (QED) is 0.541. The highest BCUT2D eigenvalue weighted by molar-refractivity contribution is 6.34. The average Bonchev–Trinajstić information content (AvgIpc) is 3.35. The third-order valence-corrected chi connectivity index (χ3v) is 6.21. The first kappa shape index (κ1) is 20.0. The standard InChI is InChI=1S/C24H20Cl2N4O/c25-20-6-4-16(5-7-20)12-29-13-18-9-17(10-22(26)23(18)24(29)31)19-11-28-30(14-19)15-21-3-1-2-8-27-21/h1-11,19H,12-15H2. The summed E-state index contributed by atoms with van der Waals surface area (Å²) in [6.45, 7) is 2.50. The highest BCUT2D eigenvalue weighted by atomic mass is 35.5. The van der Waals surface area contributed by atoms with E-state index in [2.05, 4.69) is 16.2 Å². The number of halogens is 2. The molecule has 5 rings (SSSR count). The molecule has 1 amide bonds. The van der Waals surface area contributed by atoms with Crippen LogP contribution < -0.4 is 0 Å². The van der Waals surface area contributed by atoms with Gasteiger partial charge in [0, 0.05) is 43.0 Å². The van der Waals surface area contributed by atoms with Crippen molar-refractivity contribution in [2.75, 3.05) is 6.54 Å². The van der Waals surface area contributed by atoms with Crippen molar-refractivity contribution in [1.82, 2.24) is 14.9 Å². The number of nitrogens with zero attached hydrogens (tertiary/aromatic N) is 4. The molecular formula is C24H20Cl2N4O. The van der Waals surface area contributed by atoms with Gasteiger partial charge in [-0.05, 0) is 47.0 Å². The van der Waals surface area contributed by atoms with E-state index >= 15 is 0 Å². The van der Waals surface area contributed by atoms with Crippen molar-refractivity contribution in [3.05, 3.63) is 98.8 Å². The molecule has 31 heavy (non-hydrogen) atoms. The summed E-state index contributed by atoms with van der Waals surface area (Å²) >= 11 is 12.5. The number of rotatable bonds is 5. The van der Waals surface area contributed by atoms with Gasteiger partial charge < -0.3 is 4.90 Å². The molecule has 2 aliphatic heterocycles. The first-order valence-corrected chi connectivity index (χ1v) is 10.9. The molecule has 0 spiro atoms. The Morgan fingerprint density at radius 3 is 2.65 bits per heavy atom. The van der Waals surface area contributed by atoms with E-state index < -0.39 is 0 Å². The maximum Gasteiger partial charge on any atom is 0.256 e. The predicted molar refractivity (Wildman–Crippen MR) is 122 cm³/mol. The average molecular weight is 451 g/mol. The minimum absolute atomic E-state index is 0.0293. The molecule has 2 aliphatic rings. The molecule has 1 aromatic heterocycles. The van der Waals surface area contributed by atoms with Crippen molar-refractivity contribution >= 4 is 35.3 Å². The van der Waals surface area contributed by atoms with Gasteiger partial charge in [-0.2, -0.15) is 5.10 Å². The molecule has 3 aromatic rings. The van der Waals surface area contributed by atoms with Crippen LogP contribution in [0.15, 0.2) is 65.9 Å². The maximum absolute atomic E-state index is 13.0. The largest absolute Gasteiger partial charge is 0.330 e. The minimum Gasteiger partial charge on any atom is -0.330 e. The van der Waals surface area contributed by atoms with E-state index in [0.29, 0.717) is 35.2 Å². The van der Waals surface area contributed by atoms with Crippen LogP contribution in [0.1, 0.15) is 38.7 Å². The fourth-order valence-corrected chi connectivity index (χ4v) is 4.56. The Morgan fingerprint density at radius 2 is 1.87 bits per heavy atom. The van der Waals surface area contributed by atoms with Crippen LogP contribution in [0.5, 0.6) is 0 Å². The second-order valence-electron chi connectivity index (χ2n) is 7.86. The van der Waals surface area contributed by atoms with Crippen LogP contribution in [0, 0.1) is 0 Å². The number of aromatic nitrogens is 1. The molecule has 2 aromatic carbocycles. The molecule has 0 saturated carbocycles. The van der Waals surface area contributed by atoms with Gasteiger partial charge in [-0.15, -0.1) is 0 Å². The van der Waals surface area contributed by atoms with Crippen LogP contribution in [-0.2, 0) is 19.6 Å². The Hall–Kier alpha value is -2.89. The van der Waals surface area contributed by atoms with Gasteiger partial charge in [-0.25, -0.2) is 0 Å². The summed E-state index contributed by atoms with van der Waals surface area (Å²) in [6, 6.07) is 17.4. The summed E-state index contributed by atoms with van der Waals surface area (Å²) in [4.78, 5) is 19.1. The molecule has 3 heterocycles. The second-order valence-corrected chi connectivity index (χ2v) is 8.71. The van der Waals surface area contributed by atoms with Gasteiger partial charge in [0.1, 0.15) is 0 Å². The smallest absolute Gasteiger partial charge is 0.256 e. The second kappa shape index (κ2) is 8.33. The van der Waals surface area contributed by atoms with Crippen molar-refractivity contribution in [3.8, 4) is 0 Å². The number of pyridine rings is 1. The minimum atomic E-state index is -0.0293. The zero-order chi connectivity index (χ0) is 21.4. The van der Waals surface area contributed by atoms with E-state index in [0.717, 1.165) is 28.9 Å². The van der Waals surface area contributed by atoms with Crippen LogP contribution in [-0.4, -0.2) is 33.6 Å². The Kier molecular flexibility index (Phi) is 5.38. The zero-order valence-electron chi connectivity index (χ0n) is 16.7. The summed E-state index contributed by atoms with van der Waals surface area (Å²) in [5.74, 6) is 0.102. The van der Waals surface area contributed by atoms with Gasteiger partial charge in [-0.3, -0.25) is 14.8 Å². The first-order chi connectivity index (χ1) is 15.1. The van der Waals surface area contributed by atoms with Crippen LogP contribution in [0.3, 0.4) is 0 Å². The van der Waals surface area contributed by atoms with Crippen LogP contribution in [0.25, 0.3) is 0 Å². The van der Waals surface area contributed by atoms with Gasteiger partial charge in [-0.1, -0.05) is 47.5 Å². The molecule has 5 nitrogen and oxygen atoms in total. The van der Waals surface area contributed by atoms with Gasteiger partial charge in [0.2, 0.25) is 0 Å². The summed E-state index contributed by atoms with van der Waals surface area (Å²) in [7, 11) is 0. The maximum atomic E-state index is 13.0. The number of carbonyl (C=O) groups is 1. The number of hydrogen-bond donors (Lipinski definition) is 0. The monoisotopic (exact) mass is 450 g/mol. The van der Waals surface area contributed by atoms with Gasteiger partial charge in [0.05, 0.1) is 22.8 Å². The summed E-state index contributed by atoms with van der Waals surface area (Å²) in [5, 5.41) is 7.74. The fourth-order valence-electron chi connectivity index (χ4n) is 4.11. The number of hydrazone groups is 1. The molecular weight excluding hydrogens is 431 g/mol. The number of carbonyl (C=O) groups excluding carboxylic acids is 1. The van der Waals surface area contributed by atoms with Crippen molar-refractivity contribution in [2.24, 2.45) is 5.10 Å². The third-order valence-electron chi connectivity index (χ3n) is 5.66. The molecule has 1 atom stereocenters. The van der Waals surface area contributed by atoms with Gasteiger partial charge in [0.15, 0.2) is 0 Å². The van der Waals surface area contributed by atoms with Crippen LogP contribution in [0.2, 0.25) is 10.0 Å². The summed E-state index contributed by atoms with van der Waals surface area (Å²) in [6.07, 6.45) is 3.74. The number of fused-ring (bicyclic) bond motifs is 1. The molecule has 0 saturated heterocycles. The molecule has 1 unspecified atom stereocenters. The van der Waals surface area contributed by atoms with Crippen molar-refractivity contribution in [2.45, 2.75) is 25.6 Å². The first-order valence-electron chi connectivity index (χ1n) is 10.1. The Labute approximate surface area is 190 Å². The van der Waals surface area contributed by atoms with Crippen molar-refractivity contribution < 1.29 is 4.79 Å². The van der Waals surface area contributed by atoms with Gasteiger partial charge in [0.25, 0.3) is 5.91 Å². The zero-order valence-corrected chi connectivity index (χ0v) is 18.2. The lowest BCUT2D eigenvalue weighted by Crippen LogP contribution is -2.23. The molecule has 0 N–H and O–H groups in total. The van der Waals surface area contributed by atoms with Crippen molar-refractivity contribution in [3.63, 3.8) is 0 Å². The normalized spacial score (nSPS) is 17.5. The third kappa shape index (κ3) is 4.16. The fraction of sp³-hybridized carbons (Fsp3) is 0.208. The molecule has 0 radical (unpaired) electrons. The van der Waals surface area contributed by atoms with Crippen molar-refractivity contribution in [1.29, 1.82) is 0 Å². The lowest BCUT2D eigenvalue weighted by atomic mass is 9.96. The lowest BCUT2D eigenvalue weighted by molar-refractivity contribution is 0.0767. The molecule has 0 fully saturated rings. The molecule has 7 heteroatoms. The van der Waals surface area contributed by atoms with E-state index in [1.807, 2.05) is 64.7 Å². The highest BCUT2D eigenvalue weighted by Gasteiger charge is 2.31. The topological polar surface area (TPSA) is 48.8 Å². The number of benzene rings is 2. The van der Waals surface area contributed by atoms with E-state index in [1.165, 1.54) is 0 Å². The Morgan fingerprint density at radius 1 is 1.03 bits per heavy atom.